The largest absolute Gasteiger partial charge is 0.383 e. The summed E-state index contributed by atoms with van der Waals surface area (Å²) in [6.45, 7) is 2.45. The van der Waals surface area contributed by atoms with Gasteiger partial charge in [-0.15, -0.1) is 0 Å². The number of methoxy groups -OCH3 is 1. The quantitative estimate of drug-likeness (QED) is 0.567. The van der Waals surface area contributed by atoms with E-state index < -0.39 is 11.5 Å². The van der Waals surface area contributed by atoms with Crippen molar-refractivity contribution in [1.82, 2.24) is 10.6 Å². The highest BCUT2D eigenvalue weighted by Gasteiger charge is 2.39. The second-order valence-electron chi connectivity index (χ2n) is 5.59. The molecule has 0 aliphatic heterocycles. The molecule has 1 aliphatic rings. The van der Waals surface area contributed by atoms with Crippen LogP contribution < -0.4 is 10.6 Å². The Morgan fingerprint density at radius 3 is 2.43 bits per heavy atom. The number of nitriles is 1. The Morgan fingerprint density at radius 2 is 1.90 bits per heavy atom. The first-order chi connectivity index (χ1) is 10.1. The van der Waals surface area contributed by atoms with Crippen molar-refractivity contribution in [3.63, 3.8) is 0 Å². The first kappa shape index (κ1) is 17.4. The molecule has 6 nitrogen and oxygen atoms in total. The molecular weight excluding hydrogens is 270 g/mol. The average molecular weight is 295 g/mol. The van der Waals surface area contributed by atoms with Crippen LogP contribution in [0.2, 0.25) is 0 Å². The van der Waals surface area contributed by atoms with Gasteiger partial charge >= 0.3 is 0 Å². The summed E-state index contributed by atoms with van der Waals surface area (Å²) in [5.74, 6) is -0.580. The van der Waals surface area contributed by atoms with Gasteiger partial charge in [0.1, 0.15) is 11.5 Å². The van der Waals surface area contributed by atoms with E-state index in [9.17, 15) is 14.9 Å². The molecule has 2 N–H and O–H groups in total. The molecule has 6 heteroatoms. The van der Waals surface area contributed by atoms with Crippen molar-refractivity contribution in [2.24, 2.45) is 5.41 Å². The number of amides is 2. The van der Waals surface area contributed by atoms with E-state index in [1.165, 1.54) is 0 Å². The van der Waals surface area contributed by atoms with E-state index in [-0.39, 0.29) is 11.8 Å². The average Bonchev–Trinajstić information content (AvgIpc) is 2.73. The Hall–Kier alpha value is -1.61. The van der Waals surface area contributed by atoms with E-state index in [2.05, 4.69) is 16.7 Å². The zero-order valence-corrected chi connectivity index (χ0v) is 12.9. The van der Waals surface area contributed by atoms with Crippen LogP contribution in [-0.4, -0.2) is 38.1 Å². The lowest BCUT2D eigenvalue weighted by Gasteiger charge is -2.25. The Labute approximate surface area is 126 Å². The molecule has 1 aliphatic carbocycles. The van der Waals surface area contributed by atoms with Crippen molar-refractivity contribution < 1.29 is 14.3 Å². The van der Waals surface area contributed by atoms with Crippen LogP contribution in [-0.2, 0) is 14.3 Å². The minimum Gasteiger partial charge on any atom is -0.383 e. The fourth-order valence-electron chi connectivity index (χ4n) is 2.55. The maximum absolute atomic E-state index is 12.4. The van der Waals surface area contributed by atoms with Gasteiger partial charge in [0.05, 0.1) is 12.7 Å². The molecule has 0 aromatic rings. The smallest absolute Gasteiger partial charge is 0.242 e. The van der Waals surface area contributed by atoms with Gasteiger partial charge in [-0.3, -0.25) is 9.59 Å². The molecule has 0 bridgehead atoms. The van der Waals surface area contributed by atoms with Crippen LogP contribution in [0.1, 0.15) is 45.4 Å². The van der Waals surface area contributed by atoms with Gasteiger partial charge in [-0.05, 0) is 19.8 Å². The summed E-state index contributed by atoms with van der Waals surface area (Å²) in [7, 11) is 1.56. The molecule has 0 aromatic carbocycles. The number of ether oxygens (including phenoxy) is 1. The molecular formula is C15H25N3O3. The van der Waals surface area contributed by atoms with Crippen LogP contribution in [0.25, 0.3) is 0 Å². The SMILES string of the molecule is COCCNC(=O)C(C)NC(=O)C1(C#N)CCCCCC1. The van der Waals surface area contributed by atoms with Gasteiger partial charge in [0.2, 0.25) is 11.8 Å². The minimum atomic E-state index is -0.975. The van der Waals surface area contributed by atoms with Gasteiger partial charge in [0, 0.05) is 13.7 Å². The number of nitrogens with one attached hydrogen (secondary N) is 2. The highest BCUT2D eigenvalue weighted by Crippen LogP contribution is 2.34. The maximum atomic E-state index is 12.4. The Bertz CT molecular complexity index is 395. The van der Waals surface area contributed by atoms with Crippen molar-refractivity contribution in [2.75, 3.05) is 20.3 Å². The lowest BCUT2D eigenvalue weighted by atomic mass is 9.81. The molecule has 0 aromatic heterocycles. The number of hydrogen-bond acceptors (Lipinski definition) is 4. The third-order valence-corrected chi connectivity index (χ3v) is 3.95. The summed E-state index contributed by atoms with van der Waals surface area (Å²) in [5.41, 5.74) is -0.975. The van der Waals surface area contributed by atoms with Crippen LogP contribution in [0.15, 0.2) is 0 Å². The van der Waals surface area contributed by atoms with Crippen molar-refractivity contribution >= 4 is 11.8 Å². The molecule has 1 rings (SSSR count). The van der Waals surface area contributed by atoms with Gasteiger partial charge in [-0.2, -0.15) is 5.26 Å². The molecule has 2 amide bonds. The lowest BCUT2D eigenvalue weighted by molar-refractivity contribution is -0.133. The lowest BCUT2D eigenvalue weighted by Crippen LogP contribution is -2.50. The second-order valence-corrected chi connectivity index (χ2v) is 5.59. The summed E-state index contributed by atoms with van der Waals surface area (Å²) < 4.78 is 4.85. The molecule has 118 valence electrons. The summed E-state index contributed by atoms with van der Waals surface area (Å²) in [4.78, 5) is 24.2. The molecule has 0 radical (unpaired) electrons. The predicted octanol–water partition coefficient (Wildman–Crippen LogP) is 1.12. The van der Waals surface area contributed by atoms with Crippen LogP contribution in [0, 0.1) is 16.7 Å². The molecule has 0 saturated heterocycles. The maximum Gasteiger partial charge on any atom is 0.242 e. The fraction of sp³-hybridized carbons (Fsp3) is 0.800. The number of carbonyl (C=O) groups is 2. The fourth-order valence-corrected chi connectivity index (χ4v) is 2.55. The highest BCUT2D eigenvalue weighted by atomic mass is 16.5. The molecule has 1 fully saturated rings. The zero-order valence-electron chi connectivity index (χ0n) is 12.9. The summed E-state index contributed by atoms with van der Waals surface area (Å²) in [5, 5.41) is 14.8. The van der Waals surface area contributed by atoms with Gasteiger partial charge < -0.3 is 15.4 Å². The van der Waals surface area contributed by atoms with Gasteiger partial charge in [-0.25, -0.2) is 0 Å². The van der Waals surface area contributed by atoms with Crippen molar-refractivity contribution in [1.29, 1.82) is 5.26 Å². The van der Waals surface area contributed by atoms with Gasteiger partial charge in [0.25, 0.3) is 0 Å². The highest BCUT2D eigenvalue weighted by molar-refractivity contribution is 5.91. The Morgan fingerprint density at radius 1 is 1.29 bits per heavy atom. The van der Waals surface area contributed by atoms with Crippen molar-refractivity contribution in [3.05, 3.63) is 0 Å². The topological polar surface area (TPSA) is 91.2 Å². The number of rotatable bonds is 6. The van der Waals surface area contributed by atoms with Gasteiger partial charge in [0.15, 0.2) is 0 Å². The van der Waals surface area contributed by atoms with E-state index in [1.807, 2.05) is 0 Å². The molecule has 0 heterocycles. The summed E-state index contributed by atoms with van der Waals surface area (Å²) in [6.07, 6.45) is 5.04. The van der Waals surface area contributed by atoms with Gasteiger partial charge in [-0.1, -0.05) is 25.7 Å². The number of hydrogen-bond donors (Lipinski definition) is 2. The molecule has 1 unspecified atom stereocenters. The monoisotopic (exact) mass is 295 g/mol. The minimum absolute atomic E-state index is 0.262. The number of nitrogens with zero attached hydrogens (tertiary/aromatic N) is 1. The standard InChI is InChI=1S/C15H25N3O3/c1-12(13(19)17-9-10-21-2)18-14(20)15(11-16)7-5-3-4-6-8-15/h12H,3-10H2,1-2H3,(H,17,19)(H,18,20). The Balaban J connectivity index is 2.57. The third kappa shape index (κ3) is 5.01. The van der Waals surface area contributed by atoms with Crippen LogP contribution in [0.5, 0.6) is 0 Å². The predicted molar refractivity (Wildman–Crippen MR) is 78.2 cm³/mol. The van der Waals surface area contributed by atoms with E-state index in [1.54, 1.807) is 14.0 Å². The normalized spacial score (nSPS) is 18.9. The van der Waals surface area contributed by atoms with E-state index >= 15 is 0 Å². The zero-order chi connectivity index (χ0) is 15.7. The van der Waals surface area contributed by atoms with Crippen LogP contribution in [0.3, 0.4) is 0 Å². The third-order valence-electron chi connectivity index (χ3n) is 3.95. The van der Waals surface area contributed by atoms with Crippen LogP contribution >= 0.6 is 0 Å². The van der Waals surface area contributed by atoms with Crippen LogP contribution in [0.4, 0.5) is 0 Å². The molecule has 21 heavy (non-hydrogen) atoms. The first-order valence-electron chi connectivity index (χ1n) is 7.54. The molecule has 0 spiro atoms. The van der Waals surface area contributed by atoms with Crippen molar-refractivity contribution in [3.8, 4) is 6.07 Å². The summed E-state index contributed by atoms with van der Waals surface area (Å²) >= 11 is 0. The molecule has 1 atom stereocenters. The van der Waals surface area contributed by atoms with E-state index in [4.69, 9.17) is 4.74 Å². The number of carbonyl (C=O) groups excluding carboxylic acids is 2. The second kappa shape index (κ2) is 8.63. The van der Waals surface area contributed by atoms with E-state index in [0.717, 1.165) is 25.7 Å². The first-order valence-corrected chi connectivity index (χ1v) is 7.54. The van der Waals surface area contributed by atoms with Crippen molar-refractivity contribution in [2.45, 2.75) is 51.5 Å². The summed E-state index contributed by atoms with van der Waals surface area (Å²) in [6, 6.07) is 1.54. The molecule has 1 saturated carbocycles. The van der Waals surface area contributed by atoms with E-state index in [0.29, 0.717) is 26.0 Å². The Kier molecular flexibility index (Phi) is 7.17.